The fourth-order valence-electron chi connectivity index (χ4n) is 16.8. The van der Waals surface area contributed by atoms with Crippen molar-refractivity contribution in [3.63, 3.8) is 0 Å². The monoisotopic (exact) mass is 1210 g/mol. The number of nitrogens with zero attached hydrogens (tertiary/aromatic N) is 5. The van der Waals surface area contributed by atoms with Gasteiger partial charge in [-0.05, 0) is 163 Å². The lowest BCUT2D eigenvalue weighted by molar-refractivity contribution is 0.660. The van der Waals surface area contributed by atoms with Gasteiger partial charge in [-0.25, -0.2) is 9.97 Å². The third kappa shape index (κ3) is 7.78. The first kappa shape index (κ1) is 53.7. The fraction of sp³-hybridized carbons (Fsp3) is 0.0667. The summed E-state index contributed by atoms with van der Waals surface area (Å²) >= 11 is 0. The van der Waals surface area contributed by atoms with Crippen LogP contribution in [0.2, 0.25) is 0 Å². The van der Waals surface area contributed by atoms with E-state index in [2.05, 4.69) is 339 Å². The van der Waals surface area contributed by atoms with E-state index in [1.54, 1.807) is 0 Å². The van der Waals surface area contributed by atoms with Crippen LogP contribution in [0.4, 0.5) is 0 Å². The van der Waals surface area contributed by atoms with Gasteiger partial charge >= 0.3 is 0 Å². The molecule has 0 bridgehead atoms. The number of hydrogen-bond acceptors (Lipinski definition) is 2. The summed E-state index contributed by atoms with van der Waals surface area (Å²) in [6, 6.07) is 110. The van der Waals surface area contributed by atoms with Gasteiger partial charge in [0.05, 0.1) is 44.3 Å². The molecule has 0 fully saturated rings. The summed E-state index contributed by atoms with van der Waals surface area (Å²) in [4.78, 5) is 10.9. The van der Waals surface area contributed by atoms with Gasteiger partial charge in [-0.1, -0.05) is 234 Å². The molecule has 2 aliphatic carbocycles. The highest BCUT2D eigenvalue weighted by atomic mass is 15.0. The van der Waals surface area contributed by atoms with Crippen LogP contribution in [0.25, 0.3) is 171 Å². The maximum Gasteiger partial charge on any atom is 0.160 e. The predicted molar refractivity (Wildman–Crippen MR) is 397 cm³/mol. The van der Waals surface area contributed by atoms with Crippen molar-refractivity contribution in [3.8, 4) is 84.2 Å². The molecule has 0 saturated heterocycles. The van der Waals surface area contributed by atoms with Crippen LogP contribution in [-0.4, -0.2) is 23.7 Å². The van der Waals surface area contributed by atoms with E-state index in [1.807, 2.05) is 0 Å². The smallest absolute Gasteiger partial charge is 0.160 e. The molecule has 4 heterocycles. The van der Waals surface area contributed by atoms with Gasteiger partial charge in [0, 0.05) is 82.1 Å². The number of benzene rings is 14. The molecule has 2 aliphatic rings. The van der Waals surface area contributed by atoms with E-state index in [-0.39, 0.29) is 10.8 Å². The molecule has 0 atom stereocenters. The zero-order valence-electron chi connectivity index (χ0n) is 53.0. The SMILES string of the molecule is CC1(C)c2ccccc2-c2ccc(-n3c4ccccc4c4ccc(-c5ccc6c(c5)c5cc(-c7ccc8c9ccccc9n(-c9ccc%10c(c9)C(C)(C)c9ccccc9-%10)c8c7)ccc5n6-c5cccc(-c6nc(-c7ccccc7)c7ccc8ccccc8c7n6)c5)cc43)cc21. The Labute approximate surface area is 549 Å². The summed E-state index contributed by atoms with van der Waals surface area (Å²) in [6.45, 7) is 9.48. The summed E-state index contributed by atoms with van der Waals surface area (Å²) < 4.78 is 7.42. The molecular formula is C90H61N5. The van der Waals surface area contributed by atoms with Gasteiger partial charge in [-0.3, -0.25) is 0 Å². The normalized spacial score (nSPS) is 13.6. The summed E-state index contributed by atoms with van der Waals surface area (Å²) in [5, 5.41) is 10.6. The van der Waals surface area contributed by atoms with Crippen LogP contribution < -0.4 is 0 Å². The minimum Gasteiger partial charge on any atom is -0.309 e. The molecule has 0 N–H and O–H groups in total. The second-order valence-corrected chi connectivity index (χ2v) is 27.3. The summed E-state index contributed by atoms with van der Waals surface area (Å²) in [5.41, 5.74) is 29.3. The van der Waals surface area contributed by atoms with Crippen molar-refractivity contribution < 1.29 is 0 Å². The summed E-state index contributed by atoms with van der Waals surface area (Å²) in [7, 11) is 0. The van der Waals surface area contributed by atoms with Crippen molar-refractivity contribution in [2.45, 2.75) is 38.5 Å². The molecule has 95 heavy (non-hydrogen) atoms. The molecule has 14 aromatic carbocycles. The van der Waals surface area contributed by atoms with E-state index >= 15 is 0 Å². The van der Waals surface area contributed by atoms with Crippen LogP contribution >= 0.6 is 0 Å². The quantitative estimate of drug-likeness (QED) is 0.149. The van der Waals surface area contributed by atoms with Gasteiger partial charge in [-0.2, -0.15) is 0 Å². The van der Waals surface area contributed by atoms with E-state index in [1.165, 1.54) is 110 Å². The Bertz CT molecular complexity index is 6060. The molecule has 5 nitrogen and oxygen atoms in total. The Morgan fingerprint density at radius 3 is 1.26 bits per heavy atom. The Balaban J connectivity index is 0.778. The zero-order valence-corrected chi connectivity index (χ0v) is 53.0. The molecule has 4 aromatic heterocycles. The molecule has 0 radical (unpaired) electrons. The van der Waals surface area contributed by atoms with E-state index in [0.29, 0.717) is 5.82 Å². The molecule has 446 valence electrons. The maximum atomic E-state index is 5.46. The second kappa shape index (κ2) is 19.8. The standard InChI is InChI=1S/C90H61N5/c1-89(2)76-29-14-10-25-65(76)67-43-38-62(52-78(67)89)94-80-31-16-12-27-69(80)71-40-34-58(50-84(71)94)56-36-45-82-74(48-56)75-49-57(59-35-41-72-70-28-13-17-32-81(70)95(85(72)51-59)63-39-44-68-66-26-11-15-30-77(66)90(3,4)79(68)53-63)37-46-83(75)93(82)61-23-18-22-60(47-61)88-91-86(55-20-6-5-7-21-55)73-42-33-54-19-8-9-24-64(54)87(73)92-88/h5-53H,1-4H3. The first-order valence-corrected chi connectivity index (χ1v) is 33.1. The van der Waals surface area contributed by atoms with Gasteiger partial charge in [-0.15, -0.1) is 0 Å². The van der Waals surface area contributed by atoms with E-state index in [9.17, 15) is 0 Å². The van der Waals surface area contributed by atoms with Crippen molar-refractivity contribution in [3.05, 3.63) is 320 Å². The van der Waals surface area contributed by atoms with E-state index in [0.717, 1.165) is 77.5 Å². The average molecular weight is 1210 g/mol. The van der Waals surface area contributed by atoms with Crippen LogP contribution in [0, 0.1) is 0 Å². The van der Waals surface area contributed by atoms with Crippen molar-refractivity contribution in [1.82, 2.24) is 23.7 Å². The Morgan fingerprint density at radius 2 is 0.674 bits per heavy atom. The topological polar surface area (TPSA) is 40.6 Å². The minimum atomic E-state index is -0.131. The van der Waals surface area contributed by atoms with Crippen molar-refractivity contribution >= 4 is 87.1 Å². The summed E-state index contributed by atoms with van der Waals surface area (Å²) in [5.74, 6) is 0.683. The van der Waals surface area contributed by atoms with Gasteiger partial charge in [0.25, 0.3) is 0 Å². The number of aromatic nitrogens is 5. The third-order valence-electron chi connectivity index (χ3n) is 21.4. The predicted octanol–water partition coefficient (Wildman–Crippen LogP) is 23.4. The Morgan fingerprint density at radius 1 is 0.242 bits per heavy atom. The molecule has 20 rings (SSSR count). The average Bonchev–Trinajstić information content (AvgIpc) is 1.62. The van der Waals surface area contributed by atoms with Crippen LogP contribution in [0.15, 0.2) is 297 Å². The number of hydrogen-bond donors (Lipinski definition) is 0. The van der Waals surface area contributed by atoms with Crippen LogP contribution in [0.3, 0.4) is 0 Å². The molecule has 0 spiro atoms. The van der Waals surface area contributed by atoms with Crippen LogP contribution in [0.1, 0.15) is 49.9 Å². The van der Waals surface area contributed by atoms with Gasteiger partial charge in [0.1, 0.15) is 0 Å². The lowest BCUT2D eigenvalue weighted by Crippen LogP contribution is -2.15. The molecule has 5 heteroatoms. The summed E-state index contributed by atoms with van der Waals surface area (Å²) in [6.07, 6.45) is 0. The highest BCUT2D eigenvalue weighted by molar-refractivity contribution is 6.15. The fourth-order valence-corrected chi connectivity index (χ4v) is 16.8. The van der Waals surface area contributed by atoms with Gasteiger partial charge < -0.3 is 13.7 Å². The molecular weight excluding hydrogens is 1150 g/mol. The van der Waals surface area contributed by atoms with Crippen molar-refractivity contribution in [2.75, 3.05) is 0 Å². The highest BCUT2D eigenvalue weighted by Crippen LogP contribution is 2.52. The Kier molecular flexibility index (Phi) is 11.2. The zero-order chi connectivity index (χ0) is 63.0. The molecule has 0 amide bonds. The van der Waals surface area contributed by atoms with Crippen molar-refractivity contribution in [1.29, 1.82) is 0 Å². The third-order valence-corrected chi connectivity index (χ3v) is 21.4. The van der Waals surface area contributed by atoms with E-state index in [4.69, 9.17) is 9.97 Å². The van der Waals surface area contributed by atoms with Gasteiger partial charge in [0.2, 0.25) is 0 Å². The lowest BCUT2D eigenvalue weighted by Gasteiger charge is -2.22. The van der Waals surface area contributed by atoms with Gasteiger partial charge in [0.15, 0.2) is 5.82 Å². The number of para-hydroxylation sites is 2. The highest BCUT2D eigenvalue weighted by Gasteiger charge is 2.37. The Hall–Kier alpha value is -11.9. The first-order chi connectivity index (χ1) is 46.6. The van der Waals surface area contributed by atoms with Crippen LogP contribution in [-0.2, 0) is 10.8 Å². The molecule has 18 aromatic rings. The molecule has 0 aliphatic heterocycles. The largest absolute Gasteiger partial charge is 0.309 e. The molecule has 0 unspecified atom stereocenters. The maximum absolute atomic E-state index is 5.46. The first-order valence-electron chi connectivity index (χ1n) is 33.1. The molecule has 0 saturated carbocycles. The number of rotatable bonds is 7. The van der Waals surface area contributed by atoms with Crippen LogP contribution in [0.5, 0.6) is 0 Å². The number of fused-ring (bicyclic) bond motifs is 18. The second-order valence-electron chi connectivity index (χ2n) is 27.3. The van der Waals surface area contributed by atoms with E-state index < -0.39 is 0 Å². The lowest BCUT2D eigenvalue weighted by atomic mass is 9.82. The minimum absolute atomic E-state index is 0.131. The van der Waals surface area contributed by atoms with Crippen molar-refractivity contribution in [2.24, 2.45) is 0 Å².